The molecule has 0 aromatic heterocycles. The van der Waals surface area contributed by atoms with Gasteiger partial charge in [-0.2, -0.15) is 0 Å². The summed E-state index contributed by atoms with van der Waals surface area (Å²) in [6, 6.07) is 14.5. The van der Waals surface area contributed by atoms with Crippen molar-refractivity contribution >= 4 is 33.2 Å². The summed E-state index contributed by atoms with van der Waals surface area (Å²) in [5, 5.41) is 3.69. The molecule has 27 heavy (non-hydrogen) atoms. The first kappa shape index (κ1) is 19.7. The van der Waals surface area contributed by atoms with Gasteiger partial charge in [-0.25, -0.2) is 8.42 Å². The lowest BCUT2D eigenvalue weighted by Crippen LogP contribution is -2.42. The van der Waals surface area contributed by atoms with Gasteiger partial charge in [0.2, 0.25) is 15.9 Å². The van der Waals surface area contributed by atoms with Crippen LogP contribution in [0.4, 0.5) is 5.69 Å². The van der Waals surface area contributed by atoms with Crippen LogP contribution in [0.3, 0.4) is 0 Å². The quantitative estimate of drug-likeness (QED) is 0.765. The van der Waals surface area contributed by atoms with E-state index in [1.807, 2.05) is 30.3 Å². The lowest BCUT2D eigenvalue weighted by molar-refractivity contribution is -0.126. The zero-order valence-corrected chi connectivity index (χ0v) is 16.7. The van der Waals surface area contributed by atoms with Crippen molar-refractivity contribution in [3.63, 3.8) is 0 Å². The average molecular weight is 407 g/mol. The molecule has 1 aliphatic rings. The largest absolute Gasteiger partial charge is 0.351 e. The Morgan fingerprint density at radius 2 is 1.78 bits per heavy atom. The van der Waals surface area contributed by atoms with Gasteiger partial charge in [-0.05, 0) is 48.2 Å². The molecule has 1 aliphatic carbocycles. The van der Waals surface area contributed by atoms with Gasteiger partial charge in [-0.1, -0.05) is 48.7 Å². The molecule has 0 radical (unpaired) electrons. The minimum atomic E-state index is -3.34. The predicted molar refractivity (Wildman–Crippen MR) is 108 cm³/mol. The molecule has 0 unspecified atom stereocenters. The van der Waals surface area contributed by atoms with Gasteiger partial charge >= 0.3 is 0 Å². The Morgan fingerprint density at radius 3 is 2.41 bits per heavy atom. The molecule has 5 nitrogen and oxygen atoms in total. The smallest absolute Gasteiger partial charge is 0.230 e. The second kappa shape index (κ2) is 7.90. The van der Waals surface area contributed by atoms with Gasteiger partial charge < -0.3 is 5.32 Å². The van der Waals surface area contributed by atoms with Crippen LogP contribution in [0.2, 0.25) is 5.02 Å². The number of hydrogen-bond acceptors (Lipinski definition) is 3. The average Bonchev–Trinajstić information content (AvgIpc) is 3.10. The number of amides is 1. The fourth-order valence-corrected chi connectivity index (χ4v) is 4.39. The van der Waals surface area contributed by atoms with Crippen molar-refractivity contribution in [3.8, 4) is 0 Å². The fraction of sp³-hybridized carbons (Fsp3) is 0.350. The molecule has 1 amide bonds. The molecule has 1 saturated carbocycles. The number of halogens is 1. The second-order valence-electron chi connectivity index (χ2n) is 7.05. The molecule has 2 aromatic carbocycles. The van der Waals surface area contributed by atoms with E-state index in [-0.39, 0.29) is 5.91 Å². The number of anilines is 1. The summed E-state index contributed by atoms with van der Waals surface area (Å²) < 4.78 is 25.2. The van der Waals surface area contributed by atoms with Crippen molar-refractivity contribution in [1.29, 1.82) is 0 Å². The molecule has 0 spiro atoms. The molecule has 2 N–H and O–H groups in total. The van der Waals surface area contributed by atoms with E-state index in [9.17, 15) is 13.2 Å². The Labute approximate surface area is 165 Å². The molecule has 0 bridgehead atoms. The molecule has 144 valence electrons. The van der Waals surface area contributed by atoms with Gasteiger partial charge in [0, 0.05) is 17.3 Å². The van der Waals surface area contributed by atoms with E-state index in [4.69, 9.17) is 11.6 Å². The highest BCUT2D eigenvalue weighted by atomic mass is 35.5. The van der Waals surface area contributed by atoms with Crippen molar-refractivity contribution in [3.05, 3.63) is 64.7 Å². The normalized spacial score (nSPS) is 16.1. The number of sulfonamides is 1. The number of hydrogen-bond donors (Lipinski definition) is 2. The summed E-state index contributed by atoms with van der Waals surface area (Å²) in [7, 11) is -3.34. The minimum absolute atomic E-state index is 0.00352. The maximum Gasteiger partial charge on any atom is 0.230 e. The first-order chi connectivity index (χ1) is 12.8. The van der Waals surface area contributed by atoms with E-state index in [2.05, 4.69) is 10.0 Å². The second-order valence-corrected chi connectivity index (χ2v) is 9.24. The lowest BCUT2D eigenvalue weighted by atomic mass is 9.78. The van der Waals surface area contributed by atoms with Crippen LogP contribution < -0.4 is 10.0 Å². The minimum Gasteiger partial charge on any atom is -0.351 e. The van der Waals surface area contributed by atoms with Crippen molar-refractivity contribution in [1.82, 2.24) is 5.32 Å². The maximum absolute atomic E-state index is 13.1. The van der Waals surface area contributed by atoms with Gasteiger partial charge in [0.1, 0.15) is 0 Å². The van der Waals surface area contributed by atoms with Gasteiger partial charge in [-0.15, -0.1) is 0 Å². The summed E-state index contributed by atoms with van der Waals surface area (Å²) in [6.45, 7) is 0.341. The molecule has 0 atom stereocenters. The number of rotatable bonds is 6. The fourth-order valence-electron chi connectivity index (χ4n) is 3.70. The Hall–Kier alpha value is -2.05. The molecular weight excluding hydrogens is 384 g/mol. The van der Waals surface area contributed by atoms with Crippen LogP contribution >= 0.6 is 11.6 Å². The van der Waals surface area contributed by atoms with E-state index >= 15 is 0 Å². The highest BCUT2D eigenvalue weighted by molar-refractivity contribution is 7.92. The van der Waals surface area contributed by atoms with Crippen molar-refractivity contribution < 1.29 is 13.2 Å². The molecular formula is C20H23ClN2O3S. The van der Waals surface area contributed by atoms with Gasteiger partial charge in [-0.3, -0.25) is 9.52 Å². The van der Waals surface area contributed by atoms with Crippen LogP contribution in [0.1, 0.15) is 36.8 Å². The first-order valence-corrected chi connectivity index (χ1v) is 11.2. The summed E-state index contributed by atoms with van der Waals surface area (Å²) in [5.74, 6) is 0.00352. The maximum atomic E-state index is 13.1. The third kappa shape index (κ3) is 4.82. The highest BCUT2D eigenvalue weighted by Crippen LogP contribution is 2.41. The molecule has 3 rings (SSSR count). The monoisotopic (exact) mass is 406 g/mol. The third-order valence-corrected chi connectivity index (χ3v) is 5.83. The van der Waals surface area contributed by atoms with Crippen LogP contribution in [0, 0.1) is 0 Å². The van der Waals surface area contributed by atoms with Gasteiger partial charge in [0.15, 0.2) is 0 Å². The Kier molecular flexibility index (Phi) is 5.77. The molecule has 1 fully saturated rings. The van der Waals surface area contributed by atoms with E-state index < -0.39 is 15.4 Å². The zero-order valence-electron chi connectivity index (χ0n) is 15.2. The molecule has 2 aromatic rings. The number of benzene rings is 2. The highest BCUT2D eigenvalue weighted by Gasteiger charge is 2.42. The van der Waals surface area contributed by atoms with E-state index in [0.29, 0.717) is 17.3 Å². The van der Waals surface area contributed by atoms with Crippen LogP contribution in [-0.4, -0.2) is 20.6 Å². The molecule has 0 heterocycles. The van der Waals surface area contributed by atoms with Crippen LogP contribution in [0.5, 0.6) is 0 Å². The van der Waals surface area contributed by atoms with Crippen LogP contribution in [-0.2, 0) is 26.8 Å². The van der Waals surface area contributed by atoms with E-state index in [1.165, 1.54) is 0 Å². The summed E-state index contributed by atoms with van der Waals surface area (Å²) in [6.07, 6.45) is 4.78. The SMILES string of the molecule is CS(=O)(=O)Nc1cccc(CNC(=O)C2(c3ccc(Cl)cc3)CCCC2)c1. The Balaban J connectivity index is 1.74. The zero-order chi connectivity index (χ0) is 19.5. The number of carbonyl (C=O) groups excluding carboxylic acids is 1. The van der Waals surface area contributed by atoms with Crippen molar-refractivity contribution in [2.45, 2.75) is 37.6 Å². The van der Waals surface area contributed by atoms with E-state index in [1.54, 1.807) is 18.2 Å². The van der Waals surface area contributed by atoms with Crippen LogP contribution in [0.15, 0.2) is 48.5 Å². The summed E-state index contributed by atoms with van der Waals surface area (Å²) in [5.41, 5.74) is 1.79. The topological polar surface area (TPSA) is 75.3 Å². The van der Waals surface area contributed by atoms with Gasteiger partial charge in [0.05, 0.1) is 11.7 Å². The van der Waals surface area contributed by atoms with Crippen molar-refractivity contribution in [2.24, 2.45) is 0 Å². The lowest BCUT2D eigenvalue weighted by Gasteiger charge is -2.28. The molecule has 0 saturated heterocycles. The molecule has 7 heteroatoms. The summed E-state index contributed by atoms with van der Waals surface area (Å²) >= 11 is 6.00. The van der Waals surface area contributed by atoms with Crippen LogP contribution in [0.25, 0.3) is 0 Å². The van der Waals surface area contributed by atoms with Crippen molar-refractivity contribution in [2.75, 3.05) is 11.0 Å². The Morgan fingerprint density at radius 1 is 1.11 bits per heavy atom. The standard InChI is InChI=1S/C20H23ClN2O3S/c1-27(25,26)23-18-6-4-5-15(13-18)14-22-19(24)20(11-2-3-12-20)16-7-9-17(21)10-8-16/h4-10,13,23H,2-3,11-12,14H2,1H3,(H,22,24). The summed E-state index contributed by atoms with van der Waals surface area (Å²) in [4.78, 5) is 13.1. The third-order valence-electron chi connectivity index (χ3n) is 4.97. The number of carbonyl (C=O) groups is 1. The van der Waals surface area contributed by atoms with E-state index in [0.717, 1.165) is 43.1 Å². The first-order valence-electron chi connectivity index (χ1n) is 8.90. The number of nitrogens with one attached hydrogen (secondary N) is 2. The predicted octanol–water partition coefficient (Wildman–Crippen LogP) is 3.84. The Bertz CT molecular complexity index is 920. The molecule has 0 aliphatic heterocycles. The van der Waals surface area contributed by atoms with Gasteiger partial charge in [0.25, 0.3) is 0 Å².